The number of rotatable bonds is 0. The predicted molar refractivity (Wildman–Crippen MR) is 35.6 cm³/mol. The van der Waals surface area contributed by atoms with E-state index in [-0.39, 0.29) is 0 Å². The molecule has 0 bridgehead atoms. The molecular weight excluding hydrogens is 117 g/mol. The zero-order valence-corrected chi connectivity index (χ0v) is 5.23. The van der Waals surface area contributed by atoms with Gasteiger partial charge in [-0.15, -0.1) is 0 Å². The van der Waals surface area contributed by atoms with Crippen molar-refractivity contribution in [1.82, 2.24) is 0 Å². The fourth-order valence-corrected chi connectivity index (χ4v) is 0.888. The molecule has 0 amide bonds. The summed E-state index contributed by atoms with van der Waals surface area (Å²) in [5, 5.41) is 7.17. The van der Waals surface area contributed by atoms with Gasteiger partial charge in [-0.1, -0.05) is 0 Å². The minimum Gasteiger partial charge on any atom is -0.305 e. The normalized spacial score (nSPS) is 28.1. The Kier molecular flexibility index (Phi) is 1.98. The SMILES string of the molecule is N=C1C=CC(F)CCC1. The lowest BCUT2D eigenvalue weighted by Gasteiger charge is -1.94. The number of nitrogens with one attached hydrogen (secondary N) is 1. The average molecular weight is 127 g/mol. The van der Waals surface area contributed by atoms with Gasteiger partial charge in [0.05, 0.1) is 0 Å². The third-order valence-corrected chi connectivity index (χ3v) is 1.43. The van der Waals surface area contributed by atoms with Crippen molar-refractivity contribution in [2.75, 3.05) is 0 Å². The fraction of sp³-hybridized carbons (Fsp3) is 0.571. The number of hydrogen-bond donors (Lipinski definition) is 1. The third kappa shape index (κ3) is 1.96. The summed E-state index contributed by atoms with van der Waals surface area (Å²) in [4.78, 5) is 0. The molecule has 9 heavy (non-hydrogen) atoms. The molecule has 1 aliphatic rings. The largest absolute Gasteiger partial charge is 0.305 e. The van der Waals surface area contributed by atoms with Gasteiger partial charge in [-0.2, -0.15) is 0 Å². The first-order valence-corrected chi connectivity index (χ1v) is 3.19. The minimum atomic E-state index is -0.812. The molecule has 0 aromatic rings. The molecule has 0 fully saturated rings. The number of alkyl halides is 1. The van der Waals surface area contributed by atoms with Crippen LogP contribution in [0.3, 0.4) is 0 Å². The number of allylic oxidation sites excluding steroid dienone is 2. The van der Waals surface area contributed by atoms with E-state index in [2.05, 4.69) is 0 Å². The molecule has 1 aliphatic carbocycles. The highest BCUT2D eigenvalue weighted by Crippen LogP contribution is 2.11. The predicted octanol–water partition coefficient (Wildman–Crippen LogP) is 2.08. The second kappa shape index (κ2) is 2.76. The maximum Gasteiger partial charge on any atom is 0.119 e. The summed E-state index contributed by atoms with van der Waals surface area (Å²) in [5.74, 6) is 0. The zero-order valence-electron chi connectivity index (χ0n) is 5.23. The quantitative estimate of drug-likeness (QED) is 0.515. The molecule has 2 heteroatoms. The van der Waals surface area contributed by atoms with Crippen molar-refractivity contribution in [3.8, 4) is 0 Å². The molecule has 0 aromatic heterocycles. The first-order valence-electron chi connectivity index (χ1n) is 3.19. The molecule has 0 aliphatic heterocycles. The molecule has 0 radical (unpaired) electrons. The first kappa shape index (κ1) is 6.46. The van der Waals surface area contributed by atoms with Crippen LogP contribution in [0.2, 0.25) is 0 Å². The van der Waals surface area contributed by atoms with E-state index >= 15 is 0 Å². The summed E-state index contributed by atoms with van der Waals surface area (Å²) in [6.45, 7) is 0. The third-order valence-electron chi connectivity index (χ3n) is 1.43. The standard InChI is InChI=1S/C7H10FN/c8-6-2-1-3-7(9)5-4-6/h4-6,9H,1-3H2. The lowest BCUT2D eigenvalue weighted by molar-refractivity contribution is 0.375. The van der Waals surface area contributed by atoms with E-state index < -0.39 is 6.17 Å². The van der Waals surface area contributed by atoms with E-state index in [0.717, 1.165) is 12.8 Å². The van der Waals surface area contributed by atoms with Crippen LogP contribution in [0.1, 0.15) is 19.3 Å². The Morgan fingerprint density at radius 3 is 3.22 bits per heavy atom. The van der Waals surface area contributed by atoms with Gasteiger partial charge in [0.1, 0.15) is 6.17 Å². The van der Waals surface area contributed by atoms with Crippen LogP contribution in [0, 0.1) is 5.41 Å². The van der Waals surface area contributed by atoms with Crippen LogP contribution in [0.15, 0.2) is 12.2 Å². The maximum atomic E-state index is 12.4. The van der Waals surface area contributed by atoms with Crippen molar-refractivity contribution >= 4 is 5.71 Å². The molecule has 0 heterocycles. The lowest BCUT2D eigenvalue weighted by atomic mass is 10.2. The van der Waals surface area contributed by atoms with Crippen molar-refractivity contribution in [2.45, 2.75) is 25.4 Å². The summed E-state index contributed by atoms with van der Waals surface area (Å²) >= 11 is 0. The summed E-state index contributed by atoms with van der Waals surface area (Å²) < 4.78 is 12.4. The monoisotopic (exact) mass is 127 g/mol. The van der Waals surface area contributed by atoms with Crippen LogP contribution >= 0.6 is 0 Å². The van der Waals surface area contributed by atoms with Crippen molar-refractivity contribution < 1.29 is 4.39 Å². The van der Waals surface area contributed by atoms with Crippen molar-refractivity contribution in [2.24, 2.45) is 0 Å². The Morgan fingerprint density at radius 1 is 1.67 bits per heavy atom. The molecule has 0 saturated heterocycles. The van der Waals surface area contributed by atoms with Crippen LogP contribution in [0.25, 0.3) is 0 Å². The van der Waals surface area contributed by atoms with Crippen LogP contribution in [0.4, 0.5) is 4.39 Å². The molecule has 1 rings (SSSR count). The van der Waals surface area contributed by atoms with Gasteiger partial charge in [-0.3, -0.25) is 0 Å². The second-order valence-electron chi connectivity index (χ2n) is 2.29. The van der Waals surface area contributed by atoms with Gasteiger partial charge in [0, 0.05) is 5.71 Å². The number of halogens is 1. The smallest absolute Gasteiger partial charge is 0.119 e. The Labute approximate surface area is 54.1 Å². The van der Waals surface area contributed by atoms with Crippen LogP contribution in [-0.4, -0.2) is 11.9 Å². The van der Waals surface area contributed by atoms with Crippen molar-refractivity contribution in [1.29, 1.82) is 5.41 Å². The van der Waals surface area contributed by atoms with Gasteiger partial charge >= 0.3 is 0 Å². The van der Waals surface area contributed by atoms with Crippen LogP contribution in [0.5, 0.6) is 0 Å². The summed E-state index contributed by atoms with van der Waals surface area (Å²) in [7, 11) is 0. The fourth-order valence-electron chi connectivity index (χ4n) is 0.888. The molecule has 1 unspecified atom stereocenters. The van der Waals surface area contributed by atoms with E-state index in [4.69, 9.17) is 5.41 Å². The summed E-state index contributed by atoms with van der Waals surface area (Å²) in [6, 6.07) is 0. The number of hydrogen-bond acceptors (Lipinski definition) is 1. The van der Waals surface area contributed by atoms with E-state index in [1.54, 1.807) is 6.08 Å². The van der Waals surface area contributed by atoms with Crippen molar-refractivity contribution in [3.63, 3.8) is 0 Å². The van der Waals surface area contributed by atoms with Gasteiger partial charge in [-0.05, 0) is 31.4 Å². The van der Waals surface area contributed by atoms with Crippen molar-refractivity contribution in [3.05, 3.63) is 12.2 Å². The highest BCUT2D eigenvalue weighted by molar-refractivity contribution is 5.92. The van der Waals surface area contributed by atoms with E-state index in [1.807, 2.05) is 0 Å². The lowest BCUT2D eigenvalue weighted by Crippen LogP contribution is -1.90. The highest BCUT2D eigenvalue weighted by atomic mass is 19.1. The average Bonchev–Trinajstić information content (AvgIpc) is 1.97. The molecule has 50 valence electrons. The van der Waals surface area contributed by atoms with Crippen LogP contribution in [-0.2, 0) is 0 Å². The van der Waals surface area contributed by atoms with Gasteiger partial charge < -0.3 is 5.41 Å². The summed E-state index contributed by atoms with van der Waals surface area (Å²) in [5.41, 5.74) is 0.551. The topological polar surface area (TPSA) is 23.9 Å². The zero-order chi connectivity index (χ0) is 6.69. The van der Waals surface area contributed by atoms with Gasteiger partial charge in [-0.25, -0.2) is 4.39 Å². The molecule has 1 nitrogen and oxygen atoms in total. The molecule has 0 spiro atoms. The second-order valence-corrected chi connectivity index (χ2v) is 2.29. The maximum absolute atomic E-state index is 12.4. The van der Waals surface area contributed by atoms with Gasteiger partial charge in [0.25, 0.3) is 0 Å². The Balaban J connectivity index is 2.52. The molecular formula is C7H10FN. The molecule has 1 N–H and O–H groups in total. The Bertz CT molecular complexity index is 140. The van der Waals surface area contributed by atoms with E-state index in [9.17, 15) is 4.39 Å². The Morgan fingerprint density at radius 2 is 2.44 bits per heavy atom. The highest BCUT2D eigenvalue weighted by Gasteiger charge is 2.05. The summed E-state index contributed by atoms with van der Waals surface area (Å²) in [6.07, 6.45) is 4.35. The Hall–Kier alpha value is -0.660. The molecule has 1 atom stereocenters. The minimum absolute atomic E-state index is 0.551. The molecule has 0 aromatic carbocycles. The van der Waals surface area contributed by atoms with Crippen LogP contribution < -0.4 is 0 Å². The van der Waals surface area contributed by atoms with Gasteiger partial charge in [0.15, 0.2) is 0 Å². The van der Waals surface area contributed by atoms with Gasteiger partial charge in [0.2, 0.25) is 0 Å². The first-order chi connectivity index (χ1) is 4.29. The molecule has 0 saturated carbocycles. The van der Waals surface area contributed by atoms with E-state index in [1.165, 1.54) is 6.08 Å². The van der Waals surface area contributed by atoms with E-state index in [0.29, 0.717) is 12.1 Å².